The van der Waals surface area contributed by atoms with Crippen LogP contribution < -0.4 is 0 Å². The van der Waals surface area contributed by atoms with Crippen molar-refractivity contribution in [1.82, 2.24) is 19.9 Å². The molecule has 142 valence electrons. The Hall–Kier alpha value is -2.51. The monoisotopic (exact) mass is 370 g/mol. The Balaban J connectivity index is 1.32. The lowest BCUT2D eigenvalue weighted by molar-refractivity contribution is 0.113. The average Bonchev–Trinajstić information content (AvgIpc) is 3.26. The van der Waals surface area contributed by atoms with E-state index in [1.54, 1.807) is 13.0 Å². The van der Waals surface area contributed by atoms with Gasteiger partial charge in [-0.15, -0.1) is 0 Å². The van der Waals surface area contributed by atoms with E-state index >= 15 is 0 Å². The van der Waals surface area contributed by atoms with Gasteiger partial charge in [0.15, 0.2) is 5.82 Å². The van der Waals surface area contributed by atoms with Crippen molar-refractivity contribution in [3.8, 4) is 11.3 Å². The van der Waals surface area contributed by atoms with Crippen molar-refractivity contribution >= 4 is 0 Å². The largest absolute Gasteiger partial charge is 0.460 e. The molecule has 1 saturated heterocycles. The Labute approximate surface area is 157 Å². The van der Waals surface area contributed by atoms with Gasteiger partial charge in [0.2, 0.25) is 5.89 Å². The number of benzene rings is 1. The van der Waals surface area contributed by atoms with E-state index in [1.165, 1.54) is 12.1 Å². The second kappa shape index (κ2) is 7.62. The number of furan rings is 1. The van der Waals surface area contributed by atoms with Gasteiger partial charge in [-0.3, -0.25) is 9.80 Å². The molecule has 0 bridgehead atoms. The van der Waals surface area contributed by atoms with Crippen LogP contribution in [-0.2, 0) is 13.1 Å². The molecule has 1 aliphatic heterocycles. The summed E-state index contributed by atoms with van der Waals surface area (Å²) in [5, 5.41) is 3.96. The molecule has 2 aromatic heterocycles. The molecule has 1 fully saturated rings. The van der Waals surface area contributed by atoms with E-state index in [4.69, 9.17) is 8.94 Å². The predicted molar refractivity (Wildman–Crippen MR) is 98.4 cm³/mol. The molecule has 3 heterocycles. The second-order valence-electron chi connectivity index (χ2n) is 7.01. The zero-order valence-corrected chi connectivity index (χ0v) is 15.6. The zero-order chi connectivity index (χ0) is 18.8. The van der Waals surface area contributed by atoms with E-state index in [0.29, 0.717) is 5.89 Å². The van der Waals surface area contributed by atoms with Gasteiger partial charge >= 0.3 is 0 Å². The fourth-order valence-corrected chi connectivity index (χ4v) is 3.44. The van der Waals surface area contributed by atoms with Gasteiger partial charge in [-0.05, 0) is 42.8 Å². The predicted octanol–water partition coefficient (Wildman–Crippen LogP) is 3.40. The number of aromatic nitrogens is 2. The molecule has 27 heavy (non-hydrogen) atoms. The van der Waals surface area contributed by atoms with Gasteiger partial charge < -0.3 is 8.94 Å². The van der Waals surface area contributed by atoms with Crippen molar-refractivity contribution in [2.75, 3.05) is 26.2 Å². The Morgan fingerprint density at radius 1 is 1.00 bits per heavy atom. The molecule has 7 heteroatoms. The molecule has 6 nitrogen and oxygen atoms in total. The molecule has 0 saturated carbocycles. The first kappa shape index (κ1) is 17.9. The Bertz CT molecular complexity index is 912. The third kappa shape index (κ3) is 4.26. The lowest BCUT2D eigenvalue weighted by Gasteiger charge is -2.33. The maximum atomic E-state index is 13.3. The summed E-state index contributed by atoms with van der Waals surface area (Å²) in [7, 11) is 0. The van der Waals surface area contributed by atoms with Crippen LogP contribution >= 0.6 is 0 Å². The highest BCUT2D eigenvalue weighted by Gasteiger charge is 2.20. The van der Waals surface area contributed by atoms with Gasteiger partial charge in [-0.25, -0.2) is 4.39 Å². The number of hydrogen-bond donors (Lipinski definition) is 0. The van der Waals surface area contributed by atoms with E-state index in [-0.39, 0.29) is 5.82 Å². The number of halogens is 1. The van der Waals surface area contributed by atoms with Crippen LogP contribution in [0.4, 0.5) is 4.39 Å². The maximum Gasteiger partial charge on any atom is 0.223 e. The van der Waals surface area contributed by atoms with Crippen LogP contribution in [-0.4, -0.2) is 46.1 Å². The van der Waals surface area contributed by atoms with Gasteiger partial charge in [-0.2, -0.15) is 4.98 Å². The molecule has 0 spiro atoms. The second-order valence-corrected chi connectivity index (χ2v) is 7.01. The van der Waals surface area contributed by atoms with Crippen LogP contribution in [0, 0.1) is 19.7 Å². The standard InChI is InChI=1S/C20H23FN4O2/c1-14-11-16(21)3-5-18(14)19-6-4-17(26-19)12-24-7-9-25(10-8-24)13-20-22-15(2)27-23-20/h3-6,11H,7-10,12-13H2,1-2H3. The maximum absolute atomic E-state index is 13.3. The van der Waals surface area contributed by atoms with Crippen LogP contribution in [0.5, 0.6) is 0 Å². The van der Waals surface area contributed by atoms with E-state index in [1.807, 2.05) is 19.1 Å². The summed E-state index contributed by atoms with van der Waals surface area (Å²) >= 11 is 0. The van der Waals surface area contributed by atoms with Crippen molar-refractivity contribution < 1.29 is 13.3 Å². The number of aryl methyl sites for hydroxylation is 2. The first-order chi connectivity index (χ1) is 13.1. The normalized spacial score (nSPS) is 16.1. The van der Waals surface area contributed by atoms with E-state index in [2.05, 4.69) is 19.9 Å². The lowest BCUT2D eigenvalue weighted by atomic mass is 10.1. The summed E-state index contributed by atoms with van der Waals surface area (Å²) in [4.78, 5) is 8.97. The first-order valence-electron chi connectivity index (χ1n) is 9.16. The molecule has 0 amide bonds. The van der Waals surface area contributed by atoms with E-state index in [9.17, 15) is 4.39 Å². The molecular weight excluding hydrogens is 347 g/mol. The molecule has 3 aromatic rings. The van der Waals surface area contributed by atoms with Crippen molar-refractivity contribution in [1.29, 1.82) is 0 Å². The molecule has 0 N–H and O–H groups in total. The molecule has 1 aromatic carbocycles. The minimum Gasteiger partial charge on any atom is -0.460 e. The summed E-state index contributed by atoms with van der Waals surface area (Å²) in [6, 6.07) is 8.74. The first-order valence-corrected chi connectivity index (χ1v) is 9.16. The summed E-state index contributed by atoms with van der Waals surface area (Å²) in [5.41, 5.74) is 1.81. The molecular formula is C20H23FN4O2. The lowest BCUT2D eigenvalue weighted by Crippen LogP contribution is -2.45. The van der Waals surface area contributed by atoms with Gasteiger partial charge in [0.05, 0.1) is 13.1 Å². The smallest absolute Gasteiger partial charge is 0.223 e. The summed E-state index contributed by atoms with van der Waals surface area (Å²) in [6.07, 6.45) is 0. The molecule has 0 atom stereocenters. The molecule has 0 radical (unpaired) electrons. The van der Waals surface area contributed by atoms with Crippen LogP contribution in [0.25, 0.3) is 11.3 Å². The van der Waals surface area contributed by atoms with Crippen molar-refractivity contribution in [3.63, 3.8) is 0 Å². The van der Waals surface area contributed by atoms with Gasteiger partial charge in [0.25, 0.3) is 0 Å². The fourth-order valence-electron chi connectivity index (χ4n) is 3.44. The summed E-state index contributed by atoms with van der Waals surface area (Å²) in [5.74, 6) is 2.83. The number of nitrogens with zero attached hydrogens (tertiary/aromatic N) is 4. The Morgan fingerprint density at radius 3 is 2.41 bits per heavy atom. The van der Waals surface area contributed by atoms with E-state index < -0.39 is 0 Å². The van der Waals surface area contributed by atoms with Crippen molar-refractivity contribution in [2.45, 2.75) is 26.9 Å². The fraction of sp³-hybridized carbons (Fsp3) is 0.400. The highest BCUT2D eigenvalue weighted by molar-refractivity contribution is 5.62. The van der Waals surface area contributed by atoms with Crippen molar-refractivity contribution in [3.05, 3.63) is 59.2 Å². The molecule has 1 aliphatic rings. The van der Waals surface area contributed by atoms with Crippen LogP contribution in [0.3, 0.4) is 0 Å². The number of rotatable bonds is 5. The van der Waals surface area contributed by atoms with E-state index in [0.717, 1.165) is 67.7 Å². The van der Waals surface area contributed by atoms with Crippen molar-refractivity contribution in [2.24, 2.45) is 0 Å². The number of hydrogen-bond acceptors (Lipinski definition) is 6. The van der Waals surface area contributed by atoms with Gasteiger partial charge in [-0.1, -0.05) is 5.16 Å². The highest BCUT2D eigenvalue weighted by Crippen LogP contribution is 2.26. The van der Waals surface area contributed by atoms with Crippen LogP contribution in [0.1, 0.15) is 23.0 Å². The quantitative estimate of drug-likeness (QED) is 0.686. The third-order valence-corrected chi connectivity index (χ3v) is 4.89. The van der Waals surface area contributed by atoms with Crippen LogP contribution in [0.15, 0.2) is 39.3 Å². The molecule has 4 rings (SSSR count). The minimum absolute atomic E-state index is 0.225. The Kier molecular flexibility index (Phi) is 5.05. The highest BCUT2D eigenvalue weighted by atomic mass is 19.1. The third-order valence-electron chi connectivity index (χ3n) is 4.89. The number of piperazine rings is 1. The minimum atomic E-state index is -0.225. The SMILES string of the molecule is Cc1nc(CN2CCN(Cc3ccc(-c4ccc(F)cc4C)o3)CC2)no1. The summed E-state index contributed by atoms with van der Waals surface area (Å²) < 4.78 is 24.3. The topological polar surface area (TPSA) is 58.5 Å². The van der Waals surface area contributed by atoms with Gasteiger partial charge in [0, 0.05) is 38.7 Å². The Morgan fingerprint density at radius 2 is 1.74 bits per heavy atom. The zero-order valence-electron chi connectivity index (χ0n) is 15.6. The average molecular weight is 370 g/mol. The molecule has 0 unspecified atom stereocenters. The van der Waals surface area contributed by atoms with Gasteiger partial charge in [0.1, 0.15) is 17.3 Å². The summed E-state index contributed by atoms with van der Waals surface area (Å²) in [6.45, 7) is 9.03. The van der Waals surface area contributed by atoms with Crippen LogP contribution in [0.2, 0.25) is 0 Å². The molecule has 0 aliphatic carbocycles.